The number of likely N-dealkylation sites (N-methyl/N-ethyl adjacent to an activating group) is 1. The number of rotatable bonds is 7. The second-order valence-electron chi connectivity index (χ2n) is 5.06. The van der Waals surface area contributed by atoms with Gasteiger partial charge in [-0.25, -0.2) is 4.39 Å². The number of halogens is 1. The molecule has 1 atom stereocenters. The van der Waals surface area contributed by atoms with Crippen molar-refractivity contribution in [3.05, 3.63) is 35.6 Å². The van der Waals surface area contributed by atoms with Crippen molar-refractivity contribution in [2.45, 2.75) is 31.8 Å². The molecule has 0 spiro atoms. The molecule has 2 rings (SSSR count). The van der Waals surface area contributed by atoms with E-state index >= 15 is 0 Å². The minimum Gasteiger partial charge on any atom is -0.372 e. The van der Waals surface area contributed by atoms with Crippen LogP contribution in [0.4, 0.5) is 4.39 Å². The molecule has 1 aromatic carbocycles. The molecule has 0 aliphatic heterocycles. The van der Waals surface area contributed by atoms with Gasteiger partial charge >= 0.3 is 0 Å². The fourth-order valence-electron chi connectivity index (χ4n) is 2.32. The fourth-order valence-corrected chi connectivity index (χ4v) is 2.32. The second-order valence-corrected chi connectivity index (χ2v) is 5.06. The number of hydrogen-bond acceptors (Lipinski definition) is 2. The Labute approximate surface area is 109 Å². The van der Waals surface area contributed by atoms with Gasteiger partial charge in [0.1, 0.15) is 5.82 Å². The van der Waals surface area contributed by atoms with Crippen LogP contribution in [0.25, 0.3) is 0 Å². The van der Waals surface area contributed by atoms with Crippen LogP contribution in [-0.4, -0.2) is 20.2 Å². The Morgan fingerprint density at radius 2 is 2.28 bits per heavy atom. The molecule has 1 fully saturated rings. The zero-order chi connectivity index (χ0) is 12.8. The van der Waals surface area contributed by atoms with Gasteiger partial charge in [0.2, 0.25) is 0 Å². The smallest absolute Gasteiger partial charge is 0.123 e. The van der Waals surface area contributed by atoms with Crippen molar-refractivity contribution >= 4 is 0 Å². The molecule has 0 heterocycles. The van der Waals surface area contributed by atoms with E-state index in [1.54, 1.807) is 12.1 Å². The van der Waals surface area contributed by atoms with Crippen molar-refractivity contribution in [1.29, 1.82) is 0 Å². The van der Waals surface area contributed by atoms with Gasteiger partial charge in [-0.1, -0.05) is 31.4 Å². The van der Waals surface area contributed by atoms with E-state index in [1.165, 1.54) is 25.3 Å². The van der Waals surface area contributed by atoms with Crippen LogP contribution in [0.1, 0.15) is 37.4 Å². The SMILES string of the molecule is CNCC(OCCC1CCC1)c1cccc(F)c1. The van der Waals surface area contributed by atoms with Crippen molar-refractivity contribution in [2.75, 3.05) is 20.2 Å². The van der Waals surface area contributed by atoms with Crippen molar-refractivity contribution in [1.82, 2.24) is 5.32 Å². The lowest BCUT2D eigenvalue weighted by atomic mass is 9.83. The largest absolute Gasteiger partial charge is 0.372 e. The molecule has 2 nitrogen and oxygen atoms in total. The summed E-state index contributed by atoms with van der Waals surface area (Å²) in [5, 5.41) is 3.10. The Balaban J connectivity index is 1.85. The summed E-state index contributed by atoms with van der Waals surface area (Å²) in [7, 11) is 1.89. The molecule has 0 aromatic heterocycles. The molecule has 1 N–H and O–H groups in total. The van der Waals surface area contributed by atoms with E-state index in [1.807, 2.05) is 13.1 Å². The summed E-state index contributed by atoms with van der Waals surface area (Å²) in [6.07, 6.45) is 5.15. The maximum absolute atomic E-state index is 13.2. The Kier molecular flexibility index (Phi) is 5.14. The molecule has 0 bridgehead atoms. The van der Waals surface area contributed by atoms with Crippen molar-refractivity contribution in [3.63, 3.8) is 0 Å². The molecule has 1 aromatic rings. The Hall–Kier alpha value is -0.930. The summed E-state index contributed by atoms with van der Waals surface area (Å²) < 4.78 is 19.1. The lowest BCUT2D eigenvalue weighted by Gasteiger charge is -2.26. The molecule has 1 aliphatic rings. The predicted molar refractivity (Wildman–Crippen MR) is 71.0 cm³/mol. The second kappa shape index (κ2) is 6.86. The average molecular weight is 251 g/mol. The van der Waals surface area contributed by atoms with Crippen molar-refractivity contribution in [3.8, 4) is 0 Å². The molecule has 1 saturated carbocycles. The molecular weight excluding hydrogens is 229 g/mol. The Bertz CT molecular complexity index is 365. The molecule has 100 valence electrons. The third-order valence-electron chi connectivity index (χ3n) is 3.68. The summed E-state index contributed by atoms with van der Waals surface area (Å²) >= 11 is 0. The lowest BCUT2D eigenvalue weighted by molar-refractivity contribution is 0.0381. The van der Waals surface area contributed by atoms with E-state index in [4.69, 9.17) is 4.74 Å². The zero-order valence-corrected chi connectivity index (χ0v) is 11.0. The molecule has 0 amide bonds. The lowest BCUT2D eigenvalue weighted by Crippen LogP contribution is -2.22. The first-order valence-electron chi connectivity index (χ1n) is 6.81. The third kappa shape index (κ3) is 3.79. The normalized spacial score (nSPS) is 17.4. The van der Waals surface area contributed by atoms with Gasteiger partial charge in [0, 0.05) is 13.2 Å². The highest BCUT2D eigenvalue weighted by Crippen LogP contribution is 2.30. The molecule has 0 radical (unpaired) electrons. The molecule has 1 unspecified atom stereocenters. The first-order chi connectivity index (χ1) is 8.79. The van der Waals surface area contributed by atoms with Crippen LogP contribution in [0, 0.1) is 11.7 Å². The van der Waals surface area contributed by atoms with E-state index in [9.17, 15) is 4.39 Å². The van der Waals surface area contributed by atoms with Gasteiger partial charge < -0.3 is 10.1 Å². The third-order valence-corrected chi connectivity index (χ3v) is 3.68. The summed E-state index contributed by atoms with van der Waals surface area (Å²) in [6.45, 7) is 1.49. The summed E-state index contributed by atoms with van der Waals surface area (Å²) in [5.41, 5.74) is 0.915. The van der Waals surface area contributed by atoms with Crippen LogP contribution in [0.2, 0.25) is 0 Å². The highest BCUT2D eigenvalue weighted by Gasteiger charge is 2.18. The predicted octanol–water partition coefficient (Wildman–Crippen LogP) is 3.29. The van der Waals surface area contributed by atoms with E-state index in [-0.39, 0.29) is 11.9 Å². The van der Waals surface area contributed by atoms with Crippen LogP contribution < -0.4 is 5.32 Å². The van der Waals surface area contributed by atoms with E-state index < -0.39 is 0 Å². The van der Waals surface area contributed by atoms with Gasteiger partial charge in [-0.05, 0) is 37.1 Å². The first kappa shape index (κ1) is 13.5. The van der Waals surface area contributed by atoms with Gasteiger partial charge in [0.15, 0.2) is 0 Å². The molecule has 18 heavy (non-hydrogen) atoms. The van der Waals surface area contributed by atoms with E-state index in [2.05, 4.69) is 5.32 Å². The van der Waals surface area contributed by atoms with Gasteiger partial charge in [-0.15, -0.1) is 0 Å². The number of benzene rings is 1. The maximum atomic E-state index is 13.2. The summed E-state index contributed by atoms with van der Waals surface area (Å²) in [4.78, 5) is 0. The standard InChI is InChI=1S/C15H22FNO/c1-17-11-15(13-6-3-7-14(16)10-13)18-9-8-12-4-2-5-12/h3,6-7,10,12,15,17H,2,4-5,8-9,11H2,1H3. The summed E-state index contributed by atoms with van der Waals surface area (Å²) in [6, 6.07) is 6.69. The summed E-state index contributed by atoms with van der Waals surface area (Å²) in [5.74, 6) is 0.656. The fraction of sp³-hybridized carbons (Fsp3) is 0.600. The maximum Gasteiger partial charge on any atom is 0.123 e. The molecular formula is C15H22FNO. The van der Waals surface area contributed by atoms with Crippen LogP contribution in [0.5, 0.6) is 0 Å². The molecule has 0 saturated heterocycles. The molecule has 3 heteroatoms. The zero-order valence-electron chi connectivity index (χ0n) is 11.0. The highest BCUT2D eigenvalue weighted by atomic mass is 19.1. The van der Waals surface area contributed by atoms with Crippen molar-refractivity contribution in [2.24, 2.45) is 5.92 Å². The average Bonchev–Trinajstić information content (AvgIpc) is 2.31. The monoisotopic (exact) mass is 251 g/mol. The number of nitrogens with one attached hydrogen (secondary N) is 1. The number of hydrogen-bond donors (Lipinski definition) is 1. The van der Waals surface area contributed by atoms with Crippen LogP contribution >= 0.6 is 0 Å². The van der Waals surface area contributed by atoms with E-state index in [0.29, 0.717) is 6.54 Å². The Morgan fingerprint density at radius 3 is 2.89 bits per heavy atom. The minimum atomic E-state index is -0.198. The van der Waals surface area contributed by atoms with E-state index in [0.717, 1.165) is 24.5 Å². The molecule has 1 aliphatic carbocycles. The number of ether oxygens (including phenoxy) is 1. The van der Waals surface area contributed by atoms with Gasteiger partial charge in [-0.3, -0.25) is 0 Å². The van der Waals surface area contributed by atoms with Gasteiger partial charge in [0.05, 0.1) is 6.10 Å². The Morgan fingerprint density at radius 1 is 1.44 bits per heavy atom. The van der Waals surface area contributed by atoms with Gasteiger partial charge in [0.25, 0.3) is 0 Å². The quantitative estimate of drug-likeness (QED) is 0.803. The first-order valence-corrected chi connectivity index (χ1v) is 6.81. The van der Waals surface area contributed by atoms with Gasteiger partial charge in [-0.2, -0.15) is 0 Å². The topological polar surface area (TPSA) is 21.3 Å². The van der Waals surface area contributed by atoms with Crippen LogP contribution in [0.3, 0.4) is 0 Å². The van der Waals surface area contributed by atoms with Crippen molar-refractivity contribution < 1.29 is 9.13 Å². The highest BCUT2D eigenvalue weighted by molar-refractivity contribution is 5.19. The van der Waals surface area contributed by atoms with Crippen LogP contribution in [0.15, 0.2) is 24.3 Å². The minimum absolute atomic E-state index is 0.0502. The van der Waals surface area contributed by atoms with Crippen LogP contribution in [-0.2, 0) is 4.74 Å².